The number of carbonyl (C=O) groups excluding carboxylic acids is 1. The molecule has 0 aromatic carbocycles. The van der Waals surface area contributed by atoms with Crippen LogP contribution in [0.4, 0.5) is 0 Å². The summed E-state index contributed by atoms with van der Waals surface area (Å²) in [5.74, 6) is 0.562. The van der Waals surface area contributed by atoms with Gasteiger partial charge >= 0.3 is 0 Å². The van der Waals surface area contributed by atoms with Crippen LogP contribution in [-0.2, 0) is 15.0 Å². The van der Waals surface area contributed by atoms with Crippen LogP contribution in [0.15, 0.2) is 0 Å². The maximum absolute atomic E-state index is 13.1. The number of hydrogen-bond donors (Lipinski definition) is 1. The fraction of sp³-hybridized carbons (Fsp3) is 0.952. The minimum atomic E-state index is -3.48. The van der Waals surface area contributed by atoms with Crippen molar-refractivity contribution >= 4 is 16.1 Å². The molecule has 8 heteroatoms. The molecule has 3 rings (SSSR count). The van der Waals surface area contributed by atoms with Crippen molar-refractivity contribution in [1.29, 1.82) is 0 Å². The highest BCUT2D eigenvalue weighted by atomic mass is 32.2. The van der Waals surface area contributed by atoms with Crippen molar-refractivity contribution < 1.29 is 13.2 Å². The van der Waals surface area contributed by atoms with Crippen molar-refractivity contribution in [1.82, 2.24) is 18.8 Å². The first-order valence-corrected chi connectivity index (χ1v) is 13.0. The highest BCUT2D eigenvalue weighted by Crippen LogP contribution is 2.27. The topological polar surface area (TPSA) is 73.0 Å². The number of likely N-dealkylation sites (tertiary alicyclic amines) is 1. The van der Waals surface area contributed by atoms with E-state index < -0.39 is 10.2 Å². The zero-order valence-corrected chi connectivity index (χ0v) is 19.1. The van der Waals surface area contributed by atoms with E-state index in [1.807, 2.05) is 0 Å². The molecule has 0 aromatic heterocycles. The van der Waals surface area contributed by atoms with E-state index in [2.05, 4.69) is 24.1 Å². The first-order valence-electron chi connectivity index (χ1n) is 11.6. The second-order valence-electron chi connectivity index (χ2n) is 9.51. The second kappa shape index (κ2) is 10.6. The van der Waals surface area contributed by atoms with Gasteiger partial charge in [-0.2, -0.15) is 17.0 Å². The van der Waals surface area contributed by atoms with Gasteiger partial charge in [-0.3, -0.25) is 4.79 Å². The molecule has 0 radical (unpaired) electrons. The SMILES string of the molecule is CC1CC(C)CN(S(=O)(=O)N2CCCC(C(=O)NCCCN3CCCCC3)C2)C1. The Morgan fingerprint density at radius 3 is 2.31 bits per heavy atom. The summed E-state index contributed by atoms with van der Waals surface area (Å²) in [5, 5.41) is 3.06. The van der Waals surface area contributed by atoms with E-state index in [-0.39, 0.29) is 11.8 Å². The standard InChI is InChI=1S/C21H40N4O3S/c1-18-14-19(2)16-25(15-18)29(27,28)24-13-6-8-20(17-24)21(26)22-9-7-12-23-10-4-3-5-11-23/h18-20H,3-17H2,1-2H3,(H,22,26). The molecule has 7 nitrogen and oxygen atoms in total. The van der Waals surface area contributed by atoms with Crippen molar-refractivity contribution in [3.63, 3.8) is 0 Å². The first-order chi connectivity index (χ1) is 13.9. The van der Waals surface area contributed by atoms with Crippen LogP contribution < -0.4 is 5.32 Å². The molecule has 0 bridgehead atoms. The molecule has 3 heterocycles. The summed E-state index contributed by atoms with van der Waals surface area (Å²) in [6, 6.07) is 0. The molecule has 168 valence electrons. The lowest BCUT2D eigenvalue weighted by Crippen LogP contribution is -2.53. The normalized spacial score (nSPS) is 30.9. The minimum absolute atomic E-state index is 0.0175. The van der Waals surface area contributed by atoms with E-state index in [1.54, 1.807) is 8.61 Å². The quantitative estimate of drug-likeness (QED) is 0.629. The lowest BCUT2D eigenvalue weighted by atomic mass is 9.94. The van der Waals surface area contributed by atoms with Crippen molar-refractivity contribution in [3.8, 4) is 0 Å². The summed E-state index contributed by atoms with van der Waals surface area (Å²) in [4.78, 5) is 15.1. The summed E-state index contributed by atoms with van der Waals surface area (Å²) in [7, 11) is -3.48. The third kappa shape index (κ3) is 6.39. The van der Waals surface area contributed by atoms with E-state index in [1.165, 1.54) is 32.4 Å². The molecule has 3 saturated heterocycles. The lowest BCUT2D eigenvalue weighted by molar-refractivity contribution is -0.126. The van der Waals surface area contributed by atoms with Gasteiger partial charge in [-0.05, 0) is 70.0 Å². The molecular weight excluding hydrogens is 388 g/mol. The molecule has 3 aliphatic rings. The van der Waals surface area contributed by atoms with Crippen LogP contribution in [-0.4, -0.2) is 80.2 Å². The van der Waals surface area contributed by atoms with Crippen LogP contribution in [0.3, 0.4) is 0 Å². The summed E-state index contributed by atoms with van der Waals surface area (Å²) >= 11 is 0. The number of amides is 1. The van der Waals surface area contributed by atoms with Gasteiger partial charge in [0, 0.05) is 32.7 Å². The summed E-state index contributed by atoms with van der Waals surface area (Å²) in [6.07, 6.45) is 7.48. The number of rotatable bonds is 7. The maximum atomic E-state index is 13.1. The van der Waals surface area contributed by atoms with Gasteiger partial charge in [0.05, 0.1) is 5.92 Å². The summed E-state index contributed by atoms with van der Waals surface area (Å²) < 4.78 is 29.5. The van der Waals surface area contributed by atoms with Gasteiger partial charge in [0.2, 0.25) is 5.91 Å². The highest BCUT2D eigenvalue weighted by Gasteiger charge is 2.38. The van der Waals surface area contributed by atoms with Gasteiger partial charge in [-0.1, -0.05) is 20.3 Å². The van der Waals surface area contributed by atoms with Crippen molar-refractivity contribution in [2.75, 3.05) is 52.4 Å². The first kappa shape index (κ1) is 23.0. The predicted octanol–water partition coefficient (Wildman–Crippen LogP) is 1.91. The van der Waals surface area contributed by atoms with Crippen molar-refractivity contribution in [2.24, 2.45) is 17.8 Å². The fourth-order valence-corrected chi connectivity index (χ4v) is 7.11. The van der Waals surface area contributed by atoms with Gasteiger partial charge in [0.1, 0.15) is 0 Å². The Bertz CT molecular complexity index is 626. The third-order valence-electron chi connectivity index (χ3n) is 6.64. The molecule has 0 aliphatic carbocycles. The predicted molar refractivity (Wildman–Crippen MR) is 116 cm³/mol. The Balaban J connectivity index is 1.45. The van der Waals surface area contributed by atoms with Gasteiger partial charge < -0.3 is 10.2 Å². The van der Waals surface area contributed by atoms with Crippen LogP contribution in [0.5, 0.6) is 0 Å². The van der Waals surface area contributed by atoms with E-state index in [0.29, 0.717) is 44.6 Å². The Hall–Kier alpha value is -0.700. The van der Waals surface area contributed by atoms with Gasteiger partial charge in [0.15, 0.2) is 0 Å². The molecule has 0 aromatic rings. The molecule has 1 amide bonds. The zero-order valence-electron chi connectivity index (χ0n) is 18.3. The average Bonchev–Trinajstić information content (AvgIpc) is 2.71. The van der Waals surface area contributed by atoms with Gasteiger partial charge in [-0.15, -0.1) is 0 Å². The Labute approximate surface area is 177 Å². The largest absolute Gasteiger partial charge is 0.356 e. The van der Waals surface area contributed by atoms with E-state index in [0.717, 1.165) is 32.2 Å². The fourth-order valence-electron chi connectivity index (χ4n) is 5.17. The van der Waals surface area contributed by atoms with Crippen LogP contribution >= 0.6 is 0 Å². The lowest BCUT2D eigenvalue weighted by Gasteiger charge is -2.39. The van der Waals surface area contributed by atoms with Crippen LogP contribution in [0.2, 0.25) is 0 Å². The summed E-state index contributed by atoms with van der Waals surface area (Å²) in [6.45, 7) is 10.3. The smallest absolute Gasteiger partial charge is 0.282 e. The van der Waals surface area contributed by atoms with Crippen molar-refractivity contribution in [2.45, 2.75) is 58.8 Å². The number of hydrogen-bond acceptors (Lipinski definition) is 4. The molecule has 3 unspecified atom stereocenters. The summed E-state index contributed by atoms with van der Waals surface area (Å²) in [5.41, 5.74) is 0. The molecule has 3 atom stereocenters. The van der Waals surface area contributed by atoms with E-state index >= 15 is 0 Å². The molecule has 29 heavy (non-hydrogen) atoms. The van der Waals surface area contributed by atoms with Gasteiger partial charge in [-0.25, -0.2) is 0 Å². The second-order valence-corrected chi connectivity index (χ2v) is 11.4. The maximum Gasteiger partial charge on any atom is 0.282 e. The van der Waals surface area contributed by atoms with Crippen molar-refractivity contribution in [3.05, 3.63) is 0 Å². The average molecular weight is 429 g/mol. The molecule has 1 N–H and O–H groups in total. The molecule has 3 fully saturated rings. The molecule has 0 spiro atoms. The van der Waals surface area contributed by atoms with Crippen LogP contribution in [0.25, 0.3) is 0 Å². The van der Waals surface area contributed by atoms with Crippen LogP contribution in [0, 0.1) is 17.8 Å². The molecule has 3 aliphatic heterocycles. The van der Waals surface area contributed by atoms with Crippen LogP contribution in [0.1, 0.15) is 58.8 Å². The third-order valence-corrected chi connectivity index (χ3v) is 8.58. The number of carbonyl (C=O) groups is 1. The number of nitrogens with one attached hydrogen (secondary N) is 1. The zero-order chi connectivity index (χ0) is 20.9. The van der Waals surface area contributed by atoms with E-state index in [4.69, 9.17) is 0 Å². The molecule has 0 saturated carbocycles. The monoisotopic (exact) mass is 428 g/mol. The van der Waals surface area contributed by atoms with E-state index in [9.17, 15) is 13.2 Å². The Morgan fingerprint density at radius 2 is 1.62 bits per heavy atom. The Morgan fingerprint density at radius 1 is 0.931 bits per heavy atom. The number of piperidine rings is 3. The van der Waals surface area contributed by atoms with Gasteiger partial charge in [0.25, 0.3) is 10.2 Å². The number of nitrogens with zero attached hydrogens (tertiary/aromatic N) is 3. The Kier molecular flexibility index (Phi) is 8.36. The highest BCUT2D eigenvalue weighted by molar-refractivity contribution is 7.86. The minimum Gasteiger partial charge on any atom is -0.356 e. The molecular formula is C21H40N4O3S.